The predicted octanol–water partition coefficient (Wildman–Crippen LogP) is 5.25. The second kappa shape index (κ2) is 9.37. The van der Waals surface area contributed by atoms with E-state index in [-0.39, 0.29) is 11.7 Å². The summed E-state index contributed by atoms with van der Waals surface area (Å²) in [5.41, 5.74) is 12.3. The molecule has 4 aromatic rings. The molecule has 0 bridgehead atoms. The second-order valence-electron chi connectivity index (χ2n) is 8.60. The Balaban J connectivity index is 1.76. The molecule has 1 amide bonds. The van der Waals surface area contributed by atoms with E-state index in [1.807, 2.05) is 62.4 Å². The molecular formula is C27H25N5O2S. The van der Waals surface area contributed by atoms with Crippen molar-refractivity contribution in [2.45, 2.75) is 13.8 Å². The predicted molar refractivity (Wildman–Crippen MR) is 140 cm³/mol. The van der Waals surface area contributed by atoms with Gasteiger partial charge in [-0.3, -0.25) is 4.79 Å². The number of pyridine rings is 1. The zero-order valence-electron chi connectivity index (χ0n) is 19.6. The van der Waals surface area contributed by atoms with Gasteiger partial charge in [-0.1, -0.05) is 47.5 Å². The highest BCUT2D eigenvalue weighted by Gasteiger charge is 2.29. The van der Waals surface area contributed by atoms with Crippen molar-refractivity contribution in [2.75, 3.05) is 37.4 Å². The van der Waals surface area contributed by atoms with Crippen molar-refractivity contribution in [3.63, 3.8) is 0 Å². The molecule has 8 heteroatoms. The van der Waals surface area contributed by atoms with Crippen LogP contribution in [0.3, 0.4) is 0 Å². The number of nitrogens with zero attached hydrogens (tertiary/aromatic N) is 3. The zero-order chi connectivity index (χ0) is 24.5. The Morgan fingerprint density at radius 1 is 1.09 bits per heavy atom. The first-order valence-electron chi connectivity index (χ1n) is 11.4. The number of nitriles is 1. The molecule has 1 saturated heterocycles. The molecule has 0 aliphatic carbocycles. The van der Waals surface area contributed by atoms with Gasteiger partial charge in [-0.25, -0.2) is 4.98 Å². The lowest BCUT2D eigenvalue weighted by atomic mass is 9.99. The summed E-state index contributed by atoms with van der Waals surface area (Å²) in [5.74, 6) is -0.00749. The van der Waals surface area contributed by atoms with Crippen LogP contribution in [0.15, 0.2) is 48.5 Å². The second-order valence-corrected chi connectivity index (χ2v) is 9.63. The van der Waals surface area contributed by atoms with E-state index in [9.17, 15) is 10.1 Å². The summed E-state index contributed by atoms with van der Waals surface area (Å²) < 4.78 is 6.20. The molecular weight excluding hydrogens is 458 g/mol. The Morgan fingerprint density at radius 2 is 1.71 bits per heavy atom. The first-order valence-corrected chi connectivity index (χ1v) is 12.2. The van der Waals surface area contributed by atoms with Gasteiger partial charge in [0.1, 0.15) is 28.0 Å². The van der Waals surface area contributed by atoms with Gasteiger partial charge in [-0.15, -0.1) is 11.3 Å². The number of morpholine rings is 1. The molecule has 3 heterocycles. The molecule has 0 unspecified atom stereocenters. The van der Waals surface area contributed by atoms with Crippen LogP contribution >= 0.6 is 11.3 Å². The summed E-state index contributed by atoms with van der Waals surface area (Å²) >= 11 is 1.42. The van der Waals surface area contributed by atoms with E-state index in [1.54, 1.807) is 4.90 Å². The fourth-order valence-corrected chi connectivity index (χ4v) is 5.43. The summed E-state index contributed by atoms with van der Waals surface area (Å²) in [7, 11) is 0. The monoisotopic (exact) mass is 483 g/mol. The van der Waals surface area contributed by atoms with Crippen LogP contribution in [0.4, 0.5) is 16.5 Å². The van der Waals surface area contributed by atoms with Gasteiger partial charge >= 0.3 is 0 Å². The quantitative estimate of drug-likeness (QED) is 0.411. The van der Waals surface area contributed by atoms with Crippen molar-refractivity contribution < 1.29 is 9.53 Å². The lowest BCUT2D eigenvalue weighted by Gasteiger charge is -2.27. The number of anilines is 3. The number of fused-ring (bicyclic) bond motifs is 1. The number of amides is 1. The molecule has 35 heavy (non-hydrogen) atoms. The third-order valence-electron chi connectivity index (χ3n) is 6.12. The van der Waals surface area contributed by atoms with Crippen LogP contribution in [0.1, 0.15) is 27.0 Å². The summed E-state index contributed by atoms with van der Waals surface area (Å²) in [6.07, 6.45) is 0. The minimum absolute atomic E-state index is 0.117. The fourth-order valence-electron chi connectivity index (χ4n) is 4.20. The van der Waals surface area contributed by atoms with Crippen LogP contribution < -0.4 is 11.1 Å². The molecule has 5 rings (SSSR count). The Hall–Kier alpha value is -3.93. The molecule has 1 aliphatic heterocycles. The number of hydrogen-bond donors (Lipinski definition) is 2. The molecule has 3 N–H and O–H groups in total. The molecule has 0 radical (unpaired) electrons. The maximum atomic E-state index is 13.8. The SMILES string of the molecule is Cc1ccc(Nc2sc3c(-c4ccc(C)cc4)c(C#N)c(N)nc3c2C(=O)N2CCOCC2)cc1. The lowest BCUT2D eigenvalue weighted by Crippen LogP contribution is -2.40. The largest absolute Gasteiger partial charge is 0.383 e. The van der Waals surface area contributed by atoms with E-state index in [1.165, 1.54) is 11.3 Å². The number of rotatable bonds is 4. The first kappa shape index (κ1) is 22.8. The molecule has 0 spiro atoms. The van der Waals surface area contributed by atoms with Crippen molar-refractivity contribution in [2.24, 2.45) is 0 Å². The third kappa shape index (κ3) is 4.32. The number of hydrogen-bond acceptors (Lipinski definition) is 7. The average molecular weight is 484 g/mol. The highest BCUT2D eigenvalue weighted by molar-refractivity contribution is 7.24. The van der Waals surface area contributed by atoms with Gasteiger partial charge in [0.15, 0.2) is 0 Å². The Bertz CT molecular complexity index is 1450. The van der Waals surface area contributed by atoms with E-state index in [0.29, 0.717) is 53.5 Å². The Kier molecular flexibility index (Phi) is 6.12. The maximum absolute atomic E-state index is 13.8. The van der Waals surface area contributed by atoms with Crippen LogP contribution in [0.25, 0.3) is 21.3 Å². The summed E-state index contributed by atoms with van der Waals surface area (Å²) in [4.78, 5) is 20.2. The molecule has 7 nitrogen and oxygen atoms in total. The van der Waals surface area contributed by atoms with Gasteiger partial charge in [0.05, 0.1) is 23.4 Å². The van der Waals surface area contributed by atoms with E-state index in [0.717, 1.165) is 27.1 Å². The van der Waals surface area contributed by atoms with Crippen molar-refractivity contribution in [3.05, 3.63) is 70.8 Å². The van der Waals surface area contributed by atoms with Crippen LogP contribution in [-0.4, -0.2) is 42.1 Å². The third-order valence-corrected chi connectivity index (χ3v) is 7.23. The highest BCUT2D eigenvalue weighted by atomic mass is 32.1. The Morgan fingerprint density at radius 3 is 2.34 bits per heavy atom. The summed E-state index contributed by atoms with van der Waals surface area (Å²) in [5, 5.41) is 14.1. The number of ether oxygens (including phenoxy) is 1. The number of nitrogens with one attached hydrogen (secondary N) is 1. The van der Waals surface area contributed by atoms with E-state index in [2.05, 4.69) is 16.4 Å². The van der Waals surface area contributed by atoms with Gasteiger partial charge in [-0.05, 0) is 31.5 Å². The number of aryl methyl sites for hydroxylation is 2. The number of nitrogen functional groups attached to an aromatic ring is 1. The van der Waals surface area contributed by atoms with Crippen molar-refractivity contribution in [1.29, 1.82) is 5.26 Å². The smallest absolute Gasteiger partial charge is 0.259 e. The molecule has 0 atom stereocenters. The number of carbonyl (C=O) groups is 1. The van der Waals surface area contributed by atoms with Crippen molar-refractivity contribution in [1.82, 2.24) is 9.88 Å². The molecule has 2 aromatic heterocycles. The minimum Gasteiger partial charge on any atom is -0.383 e. The Labute approximate surface area is 207 Å². The average Bonchev–Trinajstić information content (AvgIpc) is 3.22. The van der Waals surface area contributed by atoms with Gasteiger partial charge in [-0.2, -0.15) is 5.26 Å². The molecule has 2 aromatic carbocycles. The van der Waals surface area contributed by atoms with Gasteiger partial charge in [0, 0.05) is 24.3 Å². The van der Waals surface area contributed by atoms with Crippen LogP contribution in [0.5, 0.6) is 0 Å². The zero-order valence-corrected chi connectivity index (χ0v) is 20.4. The van der Waals surface area contributed by atoms with E-state index < -0.39 is 0 Å². The van der Waals surface area contributed by atoms with Crippen molar-refractivity contribution >= 4 is 44.0 Å². The number of thiophene rings is 1. The summed E-state index contributed by atoms with van der Waals surface area (Å²) in [6, 6.07) is 18.2. The number of benzene rings is 2. The molecule has 1 aliphatic rings. The normalized spacial score (nSPS) is 13.6. The maximum Gasteiger partial charge on any atom is 0.259 e. The van der Waals surface area contributed by atoms with Crippen LogP contribution in [-0.2, 0) is 4.74 Å². The number of aromatic nitrogens is 1. The van der Waals surface area contributed by atoms with Crippen LogP contribution in [0, 0.1) is 25.2 Å². The van der Waals surface area contributed by atoms with Gasteiger partial charge < -0.3 is 20.7 Å². The topological polar surface area (TPSA) is 104 Å². The lowest BCUT2D eigenvalue weighted by molar-refractivity contribution is 0.0305. The number of nitrogens with two attached hydrogens (primary N) is 1. The van der Waals surface area contributed by atoms with E-state index >= 15 is 0 Å². The van der Waals surface area contributed by atoms with Crippen LogP contribution in [0.2, 0.25) is 0 Å². The van der Waals surface area contributed by atoms with Crippen molar-refractivity contribution in [3.8, 4) is 17.2 Å². The molecule has 0 saturated carbocycles. The molecule has 1 fully saturated rings. The fraction of sp³-hybridized carbons (Fsp3) is 0.222. The first-order chi connectivity index (χ1) is 17.0. The van der Waals surface area contributed by atoms with E-state index in [4.69, 9.17) is 10.5 Å². The van der Waals surface area contributed by atoms with Gasteiger partial charge in [0.2, 0.25) is 0 Å². The minimum atomic E-state index is -0.124. The summed E-state index contributed by atoms with van der Waals surface area (Å²) in [6.45, 7) is 6.06. The number of carbonyl (C=O) groups excluding carboxylic acids is 1. The van der Waals surface area contributed by atoms with Gasteiger partial charge in [0.25, 0.3) is 5.91 Å². The highest BCUT2D eigenvalue weighted by Crippen LogP contribution is 2.44. The molecule has 176 valence electrons. The standard InChI is InChI=1S/C27H25N5O2S/c1-16-3-7-18(8-4-16)21-20(15-28)25(29)31-23-22(27(33)32-11-13-34-14-12-32)26(35-24(21)23)30-19-9-5-17(2)6-10-19/h3-10,30H,11-14H2,1-2H3,(H2,29,31).